The minimum Gasteiger partial charge on any atom is -0.454 e. The summed E-state index contributed by atoms with van der Waals surface area (Å²) < 4.78 is 10.8. The van der Waals surface area contributed by atoms with Gasteiger partial charge in [-0.3, -0.25) is 19.3 Å². The monoisotopic (exact) mass is 597 g/mol. The third-order valence-corrected chi connectivity index (χ3v) is 8.74. The number of ether oxygens (including phenoxy) is 2. The molecule has 0 saturated heterocycles. The van der Waals surface area contributed by atoms with Gasteiger partial charge in [-0.1, -0.05) is 66.7 Å². The van der Waals surface area contributed by atoms with Crippen LogP contribution in [0.5, 0.6) is 11.5 Å². The molecule has 2 unspecified atom stereocenters. The van der Waals surface area contributed by atoms with Gasteiger partial charge in [0.2, 0.25) is 18.6 Å². The summed E-state index contributed by atoms with van der Waals surface area (Å²) >= 11 is 1.28. The lowest BCUT2D eigenvalue weighted by atomic mass is 10.1. The largest absolute Gasteiger partial charge is 0.454 e. The van der Waals surface area contributed by atoms with Gasteiger partial charge in [-0.25, -0.2) is 4.99 Å². The summed E-state index contributed by atoms with van der Waals surface area (Å²) in [6, 6.07) is 20.0. The first-order valence-electron chi connectivity index (χ1n) is 14.1. The van der Waals surface area contributed by atoms with E-state index in [4.69, 9.17) is 14.5 Å². The molecular weight excluding hydrogens is 566 g/mol. The summed E-state index contributed by atoms with van der Waals surface area (Å²) in [6.07, 6.45) is 0.425. The van der Waals surface area contributed by atoms with Crippen LogP contribution in [0.15, 0.2) is 76.7 Å². The number of aliphatic imine (C=N–C) groups is 2. The zero-order valence-electron chi connectivity index (χ0n) is 23.8. The van der Waals surface area contributed by atoms with Gasteiger partial charge in [-0.2, -0.15) is 4.99 Å². The summed E-state index contributed by atoms with van der Waals surface area (Å²) in [5.74, 6) is 0.890. The number of nitrogens with one attached hydrogen (secondary N) is 2. The number of carbonyl (C=O) groups excluding carboxylic acids is 3. The van der Waals surface area contributed by atoms with Crippen LogP contribution in [0.25, 0.3) is 0 Å². The number of nitrogens with zero attached hydrogens (tertiary/aromatic N) is 3. The summed E-state index contributed by atoms with van der Waals surface area (Å²) in [5, 5.41) is 5.92. The van der Waals surface area contributed by atoms with Crippen molar-refractivity contribution < 1.29 is 23.9 Å². The van der Waals surface area contributed by atoms with E-state index in [0.717, 1.165) is 16.7 Å². The molecule has 0 aliphatic carbocycles. The number of carbonyl (C=O) groups is 3. The molecule has 0 bridgehead atoms. The number of benzene rings is 3. The Kier molecular flexibility index (Phi) is 8.15. The lowest BCUT2D eigenvalue weighted by molar-refractivity contribution is -0.126. The fourth-order valence-electron chi connectivity index (χ4n) is 5.04. The van der Waals surface area contributed by atoms with Crippen LogP contribution in [0.2, 0.25) is 0 Å². The maximum atomic E-state index is 13.3. The first-order chi connectivity index (χ1) is 20.9. The molecule has 43 heavy (non-hydrogen) atoms. The number of amides is 3. The molecule has 3 heterocycles. The van der Waals surface area contributed by atoms with Crippen LogP contribution in [0.3, 0.4) is 0 Å². The summed E-state index contributed by atoms with van der Waals surface area (Å²) in [6.45, 7) is 4.80. The van der Waals surface area contributed by atoms with Gasteiger partial charge >= 0.3 is 0 Å². The number of rotatable bonds is 9. The quantitative estimate of drug-likeness (QED) is 0.379. The predicted octanol–water partition coefficient (Wildman–Crippen LogP) is 4.22. The second kappa shape index (κ2) is 12.3. The van der Waals surface area contributed by atoms with E-state index in [9.17, 15) is 14.4 Å². The topological polar surface area (TPSA) is 122 Å². The maximum Gasteiger partial charge on any atom is 0.271 e. The Bertz CT molecular complexity index is 1640. The Morgan fingerprint density at radius 3 is 2.53 bits per heavy atom. The molecule has 3 aromatic rings. The van der Waals surface area contributed by atoms with Crippen LogP contribution < -0.4 is 20.1 Å². The van der Waals surface area contributed by atoms with Gasteiger partial charge in [0.05, 0.1) is 17.4 Å². The van der Waals surface area contributed by atoms with Crippen molar-refractivity contribution in [2.75, 3.05) is 6.79 Å². The molecule has 10 nitrogen and oxygen atoms in total. The number of amidine groups is 2. The van der Waals surface area contributed by atoms with Crippen molar-refractivity contribution in [3.63, 3.8) is 0 Å². The lowest BCUT2D eigenvalue weighted by Crippen LogP contribution is -2.47. The van der Waals surface area contributed by atoms with Gasteiger partial charge in [-0.15, -0.1) is 0 Å². The second-order valence-corrected chi connectivity index (χ2v) is 11.6. The van der Waals surface area contributed by atoms with Crippen molar-refractivity contribution in [2.45, 2.75) is 51.1 Å². The first kappa shape index (κ1) is 28.5. The van der Waals surface area contributed by atoms with E-state index in [1.807, 2.05) is 74.5 Å². The predicted molar refractivity (Wildman–Crippen MR) is 164 cm³/mol. The van der Waals surface area contributed by atoms with Gasteiger partial charge in [0.25, 0.3) is 5.91 Å². The van der Waals surface area contributed by atoms with Gasteiger partial charge in [-0.05, 0) is 48.7 Å². The smallest absolute Gasteiger partial charge is 0.271 e. The van der Waals surface area contributed by atoms with E-state index in [1.165, 1.54) is 11.8 Å². The highest BCUT2D eigenvalue weighted by Gasteiger charge is 2.43. The molecule has 11 heteroatoms. The molecule has 2 atom stereocenters. The fraction of sp³-hybridized carbons (Fsp3) is 0.281. The van der Waals surface area contributed by atoms with Crippen molar-refractivity contribution in [1.82, 2.24) is 15.5 Å². The summed E-state index contributed by atoms with van der Waals surface area (Å²) in [5.41, 5.74) is 4.38. The second-order valence-electron chi connectivity index (χ2n) is 10.5. The maximum absolute atomic E-state index is 13.3. The average molecular weight is 598 g/mol. The zero-order valence-corrected chi connectivity index (χ0v) is 24.6. The summed E-state index contributed by atoms with van der Waals surface area (Å²) in [4.78, 5) is 50.5. The van der Waals surface area contributed by atoms with E-state index in [2.05, 4.69) is 15.6 Å². The Balaban J connectivity index is 1.17. The molecule has 0 spiro atoms. The highest BCUT2D eigenvalue weighted by molar-refractivity contribution is 8.15. The molecule has 3 aliphatic heterocycles. The molecule has 2 N–H and O–H groups in total. The zero-order chi connectivity index (χ0) is 29.9. The third kappa shape index (κ3) is 6.12. The van der Waals surface area contributed by atoms with Crippen molar-refractivity contribution in [3.05, 3.63) is 89.0 Å². The molecule has 0 saturated carbocycles. The fourth-order valence-corrected chi connectivity index (χ4v) is 6.13. The Labute approximate surface area is 253 Å². The molecule has 3 aliphatic rings. The number of fused-ring (bicyclic) bond motifs is 4. The highest BCUT2D eigenvalue weighted by atomic mass is 32.2. The number of hydrogen-bond acceptors (Lipinski definition) is 8. The van der Waals surface area contributed by atoms with Crippen molar-refractivity contribution >= 4 is 46.2 Å². The minimum atomic E-state index is -0.875. The Hall–Kier alpha value is -4.64. The third-order valence-electron chi connectivity index (χ3n) is 7.41. The van der Waals surface area contributed by atoms with Gasteiger partial charge in [0.1, 0.15) is 11.9 Å². The molecule has 220 valence electrons. The van der Waals surface area contributed by atoms with E-state index in [0.29, 0.717) is 46.7 Å². The number of para-hydroxylation sites is 1. The lowest BCUT2D eigenvalue weighted by Gasteiger charge is -2.32. The van der Waals surface area contributed by atoms with Crippen LogP contribution in [-0.4, -0.2) is 51.7 Å². The van der Waals surface area contributed by atoms with Crippen LogP contribution in [0.4, 0.5) is 5.69 Å². The van der Waals surface area contributed by atoms with Crippen molar-refractivity contribution in [1.29, 1.82) is 0 Å². The van der Waals surface area contributed by atoms with Crippen molar-refractivity contribution in [3.8, 4) is 11.5 Å². The van der Waals surface area contributed by atoms with Crippen LogP contribution >= 0.6 is 11.8 Å². The van der Waals surface area contributed by atoms with Gasteiger partial charge in [0, 0.05) is 18.7 Å². The molecule has 3 amide bonds. The Morgan fingerprint density at radius 2 is 1.72 bits per heavy atom. The van der Waals surface area contributed by atoms with E-state index in [-0.39, 0.29) is 31.6 Å². The standard InChI is InChI=1S/C32H31N5O5S/c1-3-27(31(40)34-16-20-10-8-19(2)9-11-20)43-32-35-23-7-5-4-6-22(23)29-36-30(39)24(37(29)32)15-28(38)33-17-21-12-13-25-26(14-21)42-18-41-25/h4-14,24,27H,3,15-18H2,1-2H3,(H,33,38)(H,34,40). The van der Waals surface area contributed by atoms with E-state index in [1.54, 1.807) is 11.0 Å². The van der Waals surface area contributed by atoms with Crippen molar-refractivity contribution in [2.24, 2.45) is 9.98 Å². The molecule has 0 aromatic heterocycles. The minimum absolute atomic E-state index is 0.117. The molecule has 0 radical (unpaired) electrons. The highest BCUT2D eigenvalue weighted by Crippen LogP contribution is 2.37. The SMILES string of the molecule is CCC(SC1=Nc2ccccc2C2=NC(=O)C(CC(=O)NCc3ccc4c(c3)OCO4)N12)C(=O)NCc1ccc(C)cc1. The van der Waals surface area contributed by atoms with Crippen LogP contribution in [0, 0.1) is 6.92 Å². The number of hydrogen-bond donors (Lipinski definition) is 2. The molecule has 6 rings (SSSR count). The molecular formula is C32H31N5O5S. The van der Waals surface area contributed by atoms with E-state index >= 15 is 0 Å². The average Bonchev–Trinajstić information content (AvgIpc) is 3.62. The van der Waals surface area contributed by atoms with Gasteiger partial charge in [0.15, 0.2) is 16.7 Å². The number of aryl methyl sites for hydroxylation is 1. The van der Waals surface area contributed by atoms with Crippen LogP contribution in [0.1, 0.15) is 42.0 Å². The Morgan fingerprint density at radius 1 is 0.977 bits per heavy atom. The molecule has 3 aromatic carbocycles. The van der Waals surface area contributed by atoms with Gasteiger partial charge < -0.3 is 20.1 Å². The normalized spacial score (nSPS) is 17.0. The summed E-state index contributed by atoms with van der Waals surface area (Å²) in [7, 11) is 0. The van der Waals surface area contributed by atoms with E-state index < -0.39 is 17.2 Å². The molecule has 0 fully saturated rings. The number of thioether (sulfide) groups is 1. The van der Waals surface area contributed by atoms with Crippen LogP contribution in [-0.2, 0) is 27.5 Å². The first-order valence-corrected chi connectivity index (χ1v) is 15.0.